The van der Waals surface area contributed by atoms with Crippen molar-refractivity contribution in [1.29, 1.82) is 0 Å². The second kappa shape index (κ2) is 6.94. The van der Waals surface area contributed by atoms with Gasteiger partial charge in [0.15, 0.2) is 5.82 Å². The fourth-order valence-electron chi connectivity index (χ4n) is 2.75. The van der Waals surface area contributed by atoms with Gasteiger partial charge in [0.1, 0.15) is 22.7 Å². The molecule has 2 heterocycles. The summed E-state index contributed by atoms with van der Waals surface area (Å²) in [5, 5.41) is 15.6. The van der Waals surface area contributed by atoms with E-state index in [1.54, 1.807) is 24.3 Å². The van der Waals surface area contributed by atoms with Crippen molar-refractivity contribution in [2.75, 3.05) is 5.32 Å². The molecule has 0 unspecified atom stereocenters. The maximum Gasteiger partial charge on any atom is 0.240 e. The fraction of sp³-hybridized carbons (Fsp3) is 0.0588. The van der Waals surface area contributed by atoms with Gasteiger partial charge in [0.25, 0.3) is 0 Å². The zero-order chi connectivity index (χ0) is 19.7. The second-order valence-electron chi connectivity index (χ2n) is 5.91. The smallest absolute Gasteiger partial charge is 0.240 e. The average molecular weight is 399 g/mol. The summed E-state index contributed by atoms with van der Waals surface area (Å²) in [5.74, 6) is 0.187. The number of nitrogens with one attached hydrogen (secondary N) is 2. The highest BCUT2D eigenvalue weighted by Crippen LogP contribution is 2.27. The van der Waals surface area contributed by atoms with Gasteiger partial charge in [-0.05, 0) is 23.8 Å². The zero-order valence-corrected chi connectivity index (χ0v) is 15.1. The van der Waals surface area contributed by atoms with Crippen LogP contribution in [0.15, 0.2) is 53.7 Å². The van der Waals surface area contributed by atoms with Crippen molar-refractivity contribution in [2.45, 2.75) is 11.4 Å². The molecule has 0 atom stereocenters. The van der Waals surface area contributed by atoms with Gasteiger partial charge in [0.05, 0.1) is 5.52 Å². The molecule has 0 aliphatic carbocycles. The van der Waals surface area contributed by atoms with Crippen molar-refractivity contribution in [2.24, 2.45) is 5.14 Å². The Morgan fingerprint density at radius 2 is 1.96 bits per heavy atom. The summed E-state index contributed by atoms with van der Waals surface area (Å²) >= 11 is 0. The minimum absolute atomic E-state index is 0.0674. The lowest BCUT2D eigenvalue weighted by Gasteiger charge is -2.05. The summed E-state index contributed by atoms with van der Waals surface area (Å²) in [4.78, 5) is 12.4. The van der Waals surface area contributed by atoms with Gasteiger partial charge in [-0.25, -0.2) is 27.9 Å². The molecule has 0 amide bonds. The number of anilines is 1. The van der Waals surface area contributed by atoms with Crippen LogP contribution in [0.5, 0.6) is 0 Å². The lowest BCUT2D eigenvalue weighted by molar-refractivity contribution is 0.598. The quantitative estimate of drug-likeness (QED) is 0.465. The normalized spacial score (nSPS) is 11.6. The molecular formula is C17H14FN7O2S. The number of aromatic amines is 1. The molecule has 0 bridgehead atoms. The Labute approximate surface area is 158 Å². The van der Waals surface area contributed by atoms with Gasteiger partial charge >= 0.3 is 0 Å². The highest BCUT2D eigenvalue weighted by atomic mass is 32.2. The first-order valence-corrected chi connectivity index (χ1v) is 9.64. The number of hydrogen-bond acceptors (Lipinski definition) is 7. The summed E-state index contributed by atoms with van der Waals surface area (Å²) in [6, 6.07) is 10.8. The van der Waals surface area contributed by atoms with Gasteiger partial charge in [-0.1, -0.05) is 24.3 Å². The SMILES string of the molecule is NS(=O)(=O)c1cccc2c(-c3ncnc(NCc4cccc(F)c4)n3)n[nH]c12. The first kappa shape index (κ1) is 17.9. The summed E-state index contributed by atoms with van der Waals surface area (Å²) in [6.45, 7) is 0.318. The van der Waals surface area contributed by atoms with Crippen LogP contribution in [-0.4, -0.2) is 33.6 Å². The molecular weight excluding hydrogens is 385 g/mol. The first-order chi connectivity index (χ1) is 13.4. The van der Waals surface area contributed by atoms with E-state index in [1.807, 2.05) is 0 Å². The summed E-state index contributed by atoms with van der Waals surface area (Å²) in [6.07, 6.45) is 1.31. The topological polar surface area (TPSA) is 140 Å². The number of benzene rings is 2. The van der Waals surface area contributed by atoms with Crippen LogP contribution >= 0.6 is 0 Å². The molecule has 9 nitrogen and oxygen atoms in total. The van der Waals surface area contributed by atoms with E-state index in [4.69, 9.17) is 5.14 Å². The Morgan fingerprint density at radius 1 is 1.14 bits per heavy atom. The molecule has 0 saturated heterocycles. The number of rotatable bonds is 5. The number of hydrogen-bond donors (Lipinski definition) is 3. The first-order valence-electron chi connectivity index (χ1n) is 8.09. The molecule has 0 aliphatic heterocycles. The van der Waals surface area contributed by atoms with Crippen molar-refractivity contribution < 1.29 is 12.8 Å². The molecule has 4 rings (SSSR count). The molecule has 0 fully saturated rings. The molecule has 28 heavy (non-hydrogen) atoms. The predicted octanol–water partition coefficient (Wildman–Crippen LogP) is 1.81. The fourth-order valence-corrected chi connectivity index (χ4v) is 3.46. The van der Waals surface area contributed by atoms with Crippen molar-refractivity contribution >= 4 is 26.9 Å². The van der Waals surface area contributed by atoms with Crippen molar-refractivity contribution in [3.8, 4) is 11.5 Å². The third kappa shape index (κ3) is 3.52. The van der Waals surface area contributed by atoms with Gasteiger partial charge in [0, 0.05) is 11.9 Å². The summed E-state index contributed by atoms with van der Waals surface area (Å²) in [5.41, 5.74) is 1.36. The molecule has 4 aromatic rings. The molecule has 2 aromatic carbocycles. The standard InChI is InChI=1S/C17H14FN7O2S/c18-11-4-1-3-10(7-11)8-20-17-22-9-21-16(23-17)15-12-5-2-6-13(28(19,26)27)14(12)24-25-15/h1-7,9H,8H2,(H,24,25)(H2,19,26,27)(H,20,21,22,23). The molecule has 4 N–H and O–H groups in total. The maximum absolute atomic E-state index is 13.3. The molecule has 0 radical (unpaired) electrons. The lowest BCUT2D eigenvalue weighted by Crippen LogP contribution is -2.12. The highest BCUT2D eigenvalue weighted by molar-refractivity contribution is 7.89. The van der Waals surface area contributed by atoms with E-state index in [-0.39, 0.29) is 28.0 Å². The van der Waals surface area contributed by atoms with E-state index in [0.29, 0.717) is 17.6 Å². The van der Waals surface area contributed by atoms with E-state index >= 15 is 0 Å². The van der Waals surface area contributed by atoms with Gasteiger partial charge in [-0.2, -0.15) is 10.1 Å². The van der Waals surface area contributed by atoms with E-state index in [1.165, 1.54) is 24.5 Å². The lowest BCUT2D eigenvalue weighted by atomic mass is 10.2. The van der Waals surface area contributed by atoms with Crippen LogP contribution in [0.4, 0.5) is 10.3 Å². The molecule has 11 heteroatoms. The number of nitrogens with two attached hydrogens (primary N) is 1. The maximum atomic E-state index is 13.3. The second-order valence-corrected chi connectivity index (χ2v) is 7.44. The van der Waals surface area contributed by atoms with Crippen LogP contribution in [0.1, 0.15) is 5.56 Å². The van der Waals surface area contributed by atoms with E-state index in [2.05, 4.69) is 30.5 Å². The minimum atomic E-state index is -3.92. The average Bonchev–Trinajstić information content (AvgIpc) is 3.10. The van der Waals surface area contributed by atoms with Gasteiger partial charge in [-0.15, -0.1) is 0 Å². The number of primary sulfonamides is 1. The third-order valence-electron chi connectivity index (χ3n) is 3.99. The molecule has 2 aromatic heterocycles. The molecule has 0 aliphatic rings. The number of halogens is 1. The highest BCUT2D eigenvalue weighted by Gasteiger charge is 2.18. The van der Waals surface area contributed by atoms with Gasteiger partial charge < -0.3 is 5.32 Å². The Morgan fingerprint density at radius 3 is 2.75 bits per heavy atom. The Balaban J connectivity index is 1.66. The van der Waals surface area contributed by atoms with Crippen LogP contribution in [0, 0.1) is 5.82 Å². The number of nitrogens with zero attached hydrogens (tertiary/aromatic N) is 4. The van der Waals surface area contributed by atoms with Crippen molar-refractivity contribution in [3.63, 3.8) is 0 Å². The van der Waals surface area contributed by atoms with E-state index < -0.39 is 10.0 Å². The number of fused-ring (bicyclic) bond motifs is 1. The van der Waals surface area contributed by atoms with Crippen molar-refractivity contribution in [3.05, 3.63) is 60.2 Å². The number of aromatic nitrogens is 5. The molecule has 0 spiro atoms. The van der Waals surface area contributed by atoms with Gasteiger partial charge in [-0.3, -0.25) is 5.10 Å². The van der Waals surface area contributed by atoms with Gasteiger partial charge in [0.2, 0.25) is 16.0 Å². The number of para-hydroxylation sites is 1. The van der Waals surface area contributed by atoms with Crippen LogP contribution in [0.3, 0.4) is 0 Å². The Kier molecular flexibility index (Phi) is 4.45. The van der Waals surface area contributed by atoms with Crippen LogP contribution in [0.25, 0.3) is 22.4 Å². The minimum Gasteiger partial charge on any atom is -0.350 e. The summed E-state index contributed by atoms with van der Waals surface area (Å²) < 4.78 is 36.8. The van der Waals surface area contributed by atoms with Crippen LogP contribution < -0.4 is 10.5 Å². The zero-order valence-electron chi connectivity index (χ0n) is 14.3. The predicted molar refractivity (Wildman–Crippen MR) is 100 cm³/mol. The monoisotopic (exact) mass is 399 g/mol. The van der Waals surface area contributed by atoms with Crippen LogP contribution in [-0.2, 0) is 16.6 Å². The Bertz CT molecular complexity index is 1270. The third-order valence-corrected chi connectivity index (χ3v) is 4.94. The van der Waals surface area contributed by atoms with E-state index in [9.17, 15) is 12.8 Å². The molecule has 142 valence electrons. The largest absolute Gasteiger partial charge is 0.350 e. The molecule has 0 saturated carbocycles. The van der Waals surface area contributed by atoms with Crippen molar-refractivity contribution in [1.82, 2.24) is 25.1 Å². The number of sulfonamides is 1. The van der Waals surface area contributed by atoms with Crippen LogP contribution in [0.2, 0.25) is 0 Å². The number of H-pyrrole nitrogens is 1. The Hall–Kier alpha value is -3.44. The summed E-state index contributed by atoms with van der Waals surface area (Å²) in [7, 11) is -3.92. The van der Waals surface area contributed by atoms with E-state index in [0.717, 1.165) is 5.56 Å².